The van der Waals surface area contributed by atoms with Gasteiger partial charge in [0.1, 0.15) is 5.01 Å². The molecule has 1 aromatic heterocycles. The zero-order valence-corrected chi connectivity index (χ0v) is 16.2. The Morgan fingerprint density at radius 1 is 0.852 bits per heavy atom. The van der Waals surface area contributed by atoms with E-state index in [2.05, 4.69) is 24.3 Å². The molecule has 0 saturated carbocycles. The van der Waals surface area contributed by atoms with Crippen molar-refractivity contribution in [3.8, 4) is 17.2 Å². The van der Waals surface area contributed by atoms with Crippen LogP contribution in [0.25, 0.3) is 33.1 Å². The SMILES string of the molecule is COc1cc(/C=C/c2nc3c(ccc4ccccc43)s2)cc(OC)c1OC. The second kappa shape index (κ2) is 7.29. The first kappa shape index (κ1) is 17.4. The maximum absolute atomic E-state index is 5.42. The van der Waals surface area contributed by atoms with Gasteiger partial charge in [0.25, 0.3) is 0 Å². The molecule has 4 aromatic rings. The van der Waals surface area contributed by atoms with Crippen LogP contribution in [0.5, 0.6) is 17.2 Å². The van der Waals surface area contributed by atoms with E-state index in [9.17, 15) is 0 Å². The van der Waals surface area contributed by atoms with Crippen LogP contribution in [0.15, 0.2) is 48.5 Å². The van der Waals surface area contributed by atoms with Gasteiger partial charge >= 0.3 is 0 Å². The van der Waals surface area contributed by atoms with Crippen LogP contribution in [0.3, 0.4) is 0 Å². The number of benzene rings is 3. The van der Waals surface area contributed by atoms with E-state index in [4.69, 9.17) is 19.2 Å². The predicted molar refractivity (Wildman–Crippen MR) is 112 cm³/mol. The van der Waals surface area contributed by atoms with Gasteiger partial charge in [-0.2, -0.15) is 0 Å². The highest BCUT2D eigenvalue weighted by atomic mass is 32.1. The molecule has 0 aliphatic heterocycles. The van der Waals surface area contributed by atoms with E-state index < -0.39 is 0 Å². The Labute approximate surface area is 161 Å². The van der Waals surface area contributed by atoms with Crippen molar-refractivity contribution >= 4 is 44.5 Å². The van der Waals surface area contributed by atoms with Gasteiger partial charge in [-0.25, -0.2) is 4.98 Å². The number of methoxy groups -OCH3 is 3. The first-order valence-electron chi connectivity index (χ1n) is 8.50. The third-order valence-electron chi connectivity index (χ3n) is 4.41. The minimum absolute atomic E-state index is 0.587. The molecule has 0 unspecified atom stereocenters. The predicted octanol–water partition coefficient (Wildman–Crippen LogP) is 5.65. The molecule has 5 heteroatoms. The topological polar surface area (TPSA) is 40.6 Å². The van der Waals surface area contributed by atoms with E-state index in [1.54, 1.807) is 32.7 Å². The molecule has 4 nitrogen and oxygen atoms in total. The van der Waals surface area contributed by atoms with E-state index in [1.165, 1.54) is 15.5 Å². The molecule has 0 aliphatic carbocycles. The average Bonchev–Trinajstić information content (AvgIpc) is 3.15. The smallest absolute Gasteiger partial charge is 0.203 e. The lowest BCUT2D eigenvalue weighted by molar-refractivity contribution is 0.324. The number of hydrogen-bond donors (Lipinski definition) is 0. The third-order valence-corrected chi connectivity index (χ3v) is 5.39. The van der Waals surface area contributed by atoms with Crippen LogP contribution in [0.2, 0.25) is 0 Å². The lowest BCUT2D eigenvalue weighted by Crippen LogP contribution is -1.95. The highest BCUT2D eigenvalue weighted by molar-refractivity contribution is 7.19. The zero-order valence-electron chi connectivity index (χ0n) is 15.4. The molecule has 0 atom stereocenters. The summed E-state index contributed by atoms with van der Waals surface area (Å²) in [4.78, 5) is 4.82. The first-order chi connectivity index (χ1) is 13.2. The van der Waals surface area contributed by atoms with E-state index >= 15 is 0 Å². The fraction of sp³-hybridized carbons (Fsp3) is 0.136. The van der Waals surface area contributed by atoms with Crippen LogP contribution >= 0.6 is 11.3 Å². The van der Waals surface area contributed by atoms with Gasteiger partial charge in [-0.15, -0.1) is 11.3 Å². The quantitative estimate of drug-likeness (QED) is 0.451. The Hall–Kier alpha value is -3.05. The summed E-state index contributed by atoms with van der Waals surface area (Å²) >= 11 is 1.67. The average molecular weight is 377 g/mol. The van der Waals surface area contributed by atoms with Gasteiger partial charge in [0, 0.05) is 5.39 Å². The van der Waals surface area contributed by atoms with E-state index in [0.717, 1.165) is 16.1 Å². The molecule has 0 N–H and O–H groups in total. The number of hydrogen-bond acceptors (Lipinski definition) is 5. The summed E-state index contributed by atoms with van der Waals surface area (Å²) in [5.74, 6) is 1.85. The van der Waals surface area contributed by atoms with Crippen LogP contribution in [0.4, 0.5) is 0 Å². The van der Waals surface area contributed by atoms with E-state index in [1.807, 2.05) is 36.4 Å². The highest BCUT2D eigenvalue weighted by Gasteiger charge is 2.12. The summed E-state index contributed by atoms with van der Waals surface area (Å²) in [7, 11) is 4.83. The monoisotopic (exact) mass is 377 g/mol. The summed E-state index contributed by atoms with van der Waals surface area (Å²) in [5, 5.41) is 3.34. The number of aromatic nitrogens is 1. The van der Waals surface area contributed by atoms with Gasteiger partial charge in [0.05, 0.1) is 31.5 Å². The fourth-order valence-corrected chi connectivity index (χ4v) is 4.00. The van der Waals surface area contributed by atoms with Gasteiger partial charge in [-0.3, -0.25) is 0 Å². The van der Waals surface area contributed by atoms with Crippen molar-refractivity contribution in [2.45, 2.75) is 0 Å². The van der Waals surface area contributed by atoms with Crippen molar-refractivity contribution in [2.75, 3.05) is 21.3 Å². The normalized spacial score (nSPS) is 11.4. The van der Waals surface area contributed by atoms with E-state index in [0.29, 0.717) is 17.2 Å². The number of thiazole rings is 1. The van der Waals surface area contributed by atoms with Crippen LogP contribution in [-0.2, 0) is 0 Å². The summed E-state index contributed by atoms with van der Waals surface area (Å²) in [6, 6.07) is 16.4. The van der Waals surface area contributed by atoms with Crippen LogP contribution < -0.4 is 14.2 Å². The Bertz CT molecular complexity index is 1120. The maximum Gasteiger partial charge on any atom is 0.203 e. The molecule has 3 aromatic carbocycles. The number of rotatable bonds is 5. The molecule has 1 heterocycles. The molecule has 0 fully saturated rings. The Morgan fingerprint density at radius 3 is 2.30 bits per heavy atom. The lowest BCUT2D eigenvalue weighted by Gasteiger charge is -2.12. The Morgan fingerprint density at radius 2 is 1.59 bits per heavy atom. The van der Waals surface area contributed by atoms with Crippen molar-refractivity contribution in [2.24, 2.45) is 0 Å². The second-order valence-electron chi connectivity index (χ2n) is 5.98. The van der Waals surface area contributed by atoms with Gasteiger partial charge in [0.15, 0.2) is 11.5 Å². The molecule has 0 radical (unpaired) electrons. The summed E-state index contributed by atoms with van der Waals surface area (Å²) in [5.41, 5.74) is 2.00. The van der Waals surface area contributed by atoms with E-state index in [-0.39, 0.29) is 0 Å². The molecular formula is C22H19NO3S. The van der Waals surface area contributed by atoms with Crippen LogP contribution in [0, 0.1) is 0 Å². The van der Waals surface area contributed by atoms with Crippen molar-refractivity contribution in [3.63, 3.8) is 0 Å². The Balaban J connectivity index is 1.73. The van der Waals surface area contributed by atoms with Crippen molar-refractivity contribution in [1.29, 1.82) is 0 Å². The van der Waals surface area contributed by atoms with Crippen molar-refractivity contribution in [3.05, 3.63) is 59.1 Å². The molecule has 136 valence electrons. The first-order valence-corrected chi connectivity index (χ1v) is 9.31. The molecule has 0 bridgehead atoms. The molecule has 0 spiro atoms. The number of nitrogens with zero attached hydrogens (tertiary/aromatic N) is 1. The van der Waals surface area contributed by atoms with Gasteiger partial charge in [-0.1, -0.05) is 36.4 Å². The number of ether oxygens (including phenoxy) is 3. The third kappa shape index (κ3) is 3.22. The lowest BCUT2D eigenvalue weighted by atomic mass is 10.1. The minimum Gasteiger partial charge on any atom is -0.493 e. The molecular weight excluding hydrogens is 358 g/mol. The summed E-state index contributed by atoms with van der Waals surface area (Å²) in [6.45, 7) is 0. The van der Waals surface area contributed by atoms with Crippen molar-refractivity contribution < 1.29 is 14.2 Å². The largest absolute Gasteiger partial charge is 0.493 e. The highest BCUT2D eigenvalue weighted by Crippen LogP contribution is 2.39. The van der Waals surface area contributed by atoms with Gasteiger partial charge in [0.2, 0.25) is 5.75 Å². The molecule has 4 rings (SSSR count). The molecule has 0 amide bonds. The molecule has 27 heavy (non-hydrogen) atoms. The van der Waals surface area contributed by atoms with Crippen LogP contribution in [0.1, 0.15) is 10.6 Å². The zero-order chi connectivity index (χ0) is 18.8. The maximum atomic E-state index is 5.42. The summed E-state index contributed by atoms with van der Waals surface area (Å²) in [6.07, 6.45) is 4.02. The van der Waals surface area contributed by atoms with Crippen molar-refractivity contribution in [1.82, 2.24) is 4.98 Å². The number of fused-ring (bicyclic) bond motifs is 3. The standard InChI is InChI=1S/C22H19NO3S/c1-24-17-12-14(13-18(25-2)22(17)26-3)8-11-20-23-21-16-7-5-4-6-15(16)9-10-19(21)27-20/h4-13H,1-3H3/b11-8+. The van der Waals surface area contributed by atoms with Gasteiger partial charge < -0.3 is 14.2 Å². The fourth-order valence-electron chi connectivity index (χ4n) is 3.11. The minimum atomic E-state index is 0.587. The molecule has 0 saturated heterocycles. The second-order valence-corrected chi connectivity index (χ2v) is 7.04. The van der Waals surface area contributed by atoms with Crippen LogP contribution in [-0.4, -0.2) is 26.3 Å². The Kier molecular flexibility index (Phi) is 4.69. The summed E-state index contributed by atoms with van der Waals surface area (Å²) < 4.78 is 17.4. The molecule has 0 aliphatic rings. The van der Waals surface area contributed by atoms with Gasteiger partial charge in [-0.05, 0) is 35.2 Å².